The molecule has 3 N–H and O–H groups in total. The number of nitrogen functional groups attached to an aromatic ring is 1. The van der Waals surface area contributed by atoms with Crippen LogP contribution in [0.15, 0.2) is 18.3 Å². The molecule has 34 heavy (non-hydrogen) atoms. The molecule has 2 aromatic rings. The van der Waals surface area contributed by atoms with Crippen LogP contribution in [0.5, 0.6) is 5.75 Å². The predicted molar refractivity (Wildman–Crippen MR) is 121 cm³/mol. The molecule has 0 unspecified atom stereocenters. The van der Waals surface area contributed by atoms with E-state index in [0.29, 0.717) is 47.6 Å². The smallest absolute Gasteiger partial charge is 0.402 e. The fraction of sp³-hybridized carbons (Fsp3) is 0.667. The number of pyridine rings is 1. The Bertz CT molecular complexity index is 1020. The van der Waals surface area contributed by atoms with Crippen LogP contribution in [-0.2, 0) is 0 Å². The molecule has 186 valence electrons. The summed E-state index contributed by atoms with van der Waals surface area (Å²) in [6, 6.07) is 4.00. The maximum Gasteiger partial charge on any atom is 0.573 e. The summed E-state index contributed by atoms with van der Waals surface area (Å²) in [5.41, 5.74) is 7.76. The minimum atomic E-state index is -4.84. The van der Waals surface area contributed by atoms with Gasteiger partial charge in [0.1, 0.15) is 0 Å². The van der Waals surface area contributed by atoms with E-state index >= 15 is 0 Å². The third-order valence-electron chi connectivity index (χ3n) is 7.84. The molecule has 3 aliphatic rings. The van der Waals surface area contributed by atoms with Crippen LogP contribution in [-0.4, -0.2) is 56.9 Å². The number of aliphatic hydroxyl groups excluding tert-OH is 1. The van der Waals surface area contributed by atoms with Crippen LogP contribution in [0.2, 0.25) is 0 Å². The van der Waals surface area contributed by atoms with E-state index in [1.165, 1.54) is 25.1 Å². The zero-order valence-electron chi connectivity index (χ0n) is 19.5. The lowest BCUT2D eigenvalue weighted by atomic mass is 9.94. The molecule has 4 atom stereocenters. The molecule has 2 saturated carbocycles. The lowest BCUT2D eigenvalue weighted by Gasteiger charge is -2.36. The number of aliphatic hydroxyl groups is 1. The summed E-state index contributed by atoms with van der Waals surface area (Å²) >= 11 is 0. The van der Waals surface area contributed by atoms with E-state index in [1.807, 2.05) is 10.7 Å². The van der Waals surface area contributed by atoms with E-state index in [2.05, 4.69) is 28.5 Å². The van der Waals surface area contributed by atoms with Crippen molar-refractivity contribution in [3.05, 3.63) is 24.0 Å². The Hall–Kier alpha value is -2.33. The number of aromatic nitrogens is 3. The van der Waals surface area contributed by atoms with Crippen molar-refractivity contribution < 1.29 is 23.0 Å². The molecule has 0 amide bonds. The summed E-state index contributed by atoms with van der Waals surface area (Å²) < 4.78 is 44.3. The van der Waals surface area contributed by atoms with Crippen molar-refractivity contribution in [1.82, 2.24) is 19.7 Å². The molecule has 3 heterocycles. The number of nitrogens with two attached hydrogens (primary N) is 1. The van der Waals surface area contributed by atoms with Crippen LogP contribution in [0.4, 0.5) is 19.0 Å². The average molecular weight is 480 g/mol. The number of hydrogen-bond acceptors (Lipinski definition) is 6. The van der Waals surface area contributed by atoms with Gasteiger partial charge in [0.2, 0.25) is 0 Å². The van der Waals surface area contributed by atoms with Gasteiger partial charge in [-0.3, -0.25) is 4.68 Å². The molecule has 1 aliphatic heterocycles. The van der Waals surface area contributed by atoms with Crippen molar-refractivity contribution in [2.75, 3.05) is 25.4 Å². The van der Waals surface area contributed by atoms with Gasteiger partial charge in [-0.15, -0.1) is 13.2 Å². The Morgan fingerprint density at radius 3 is 2.44 bits per heavy atom. The largest absolute Gasteiger partial charge is 0.573 e. The van der Waals surface area contributed by atoms with Crippen molar-refractivity contribution in [2.45, 2.75) is 63.9 Å². The van der Waals surface area contributed by atoms with Gasteiger partial charge in [0.25, 0.3) is 0 Å². The highest BCUT2D eigenvalue weighted by Gasteiger charge is 2.58. The molecule has 7 nitrogen and oxygen atoms in total. The number of halogens is 3. The lowest BCUT2D eigenvalue weighted by molar-refractivity contribution is -0.274. The van der Waals surface area contributed by atoms with Crippen LogP contribution in [0.3, 0.4) is 0 Å². The minimum absolute atomic E-state index is 0.131. The monoisotopic (exact) mass is 479 g/mol. The lowest BCUT2D eigenvalue weighted by Crippen LogP contribution is -2.41. The van der Waals surface area contributed by atoms with Crippen LogP contribution < -0.4 is 10.5 Å². The van der Waals surface area contributed by atoms with Crippen molar-refractivity contribution in [3.63, 3.8) is 0 Å². The van der Waals surface area contributed by atoms with Crippen molar-refractivity contribution in [3.8, 4) is 17.0 Å². The zero-order chi connectivity index (χ0) is 24.2. The summed E-state index contributed by atoms with van der Waals surface area (Å²) in [7, 11) is 0. The van der Waals surface area contributed by atoms with E-state index in [4.69, 9.17) is 10.8 Å². The standard InChI is InChI=1S/C24H32F3N5O2/c1-13(2)32-20(10-19(30-32)15-7-21(23(28)29-11-15)34-24(25,26)27)22-17-8-16(9-18(17)22)31-5-3-14(12-33)4-6-31/h7,10-11,13-14,16-18,22,33H,3-6,8-9,12H2,1-2H3,(H2,28,29)/t16-,17-,18+,22+. The number of fused-ring (bicyclic) bond motifs is 1. The second kappa shape index (κ2) is 8.71. The minimum Gasteiger partial charge on any atom is -0.402 e. The molecule has 2 aromatic heterocycles. The third kappa shape index (κ3) is 4.49. The van der Waals surface area contributed by atoms with Gasteiger partial charge < -0.3 is 20.5 Å². The Kier molecular flexibility index (Phi) is 6.00. The first-order valence-corrected chi connectivity index (χ1v) is 12.1. The van der Waals surface area contributed by atoms with Crippen LogP contribution in [0, 0.1) is 17.8 Å². The molecular weight excluding hydrogens is 447 g/mol. The van der Waals surface area contributed by atoms with E-state index in [0.717, 1.165) is 31.6 Å². The Labute approximate surface area is 197 Å². The number of likely N-dealkylation sites (tertiary alicyclic amines) is 1. The van der Waals surface area contributed by atoms with Gasteiger partial charge in [0, 0.05) is 42.1 Å². The molecule has 10 heteroatoms. The van der Waals surface area contributed by atoms with E-state index in [-0.39, 0.29) is 11.9 Å². The summed E-state index contributed by atoms with van der Waals surface area (Å²) in [5.74, 6) is 1.30. The molecular formula is C24H32F3N5O2. The van der Waals surface area contributed by atoms with Gasteiger partial charge in [-0.2, -0.15) is 5.10 Å². The molecule has 5 rings (SSSR count). The van der Waals surface area contributed by atoms with E-state index in [9.17, 15) is 18.3 Å². The molecule has 3 fully saturated rings. The number of piperidine rings is 1. The summed E-state index contributed by atoms with van der Waals surface area (Å²) in [5, 5.41) is 14.1. The number of rotatable bonds is 6. The number of alkyl halides is 3. The zero-order valence-corrected chi connectivity index (χ0v) is 19.5. The van der Waals surface area contributed by atoms with E-state index < -0.39 is 12.1 Å². The highest BCUT2D eigenvalue weighted by atomic mass is 19.4. The topological polar surface area (TPSA) is 89.4 Å². The normalized spacial score (nSPS) is 27.9. The third-order valence-corrected chi connectivity index (χ3v) is 7.84. The quantitative estimate of drug-likeness (QED) is 0.646. The van der Waals surface area contributed by atoms with Gasteiger partial charge >= 0.3 is 6.36 Å². The number of nitrogens with zero attached hydrogens (tertiary/aromatic N) is 4. The molecule has 0 aromatic carbocycles. The first-order chi connectivity index (χ1) is 16.1. The van der Waals surface area contributed by atoms with Crippen LogP contribution in [0.25, 0.3) is 11.3 Å². The van der Waals surface area contributed by atoms with Gasteiger partial charge in [-0.25, -0.2) is 4.98 Å². The van der Waals surface area contributed by atoms with Gasteiger partial charge in [-0.1, -0.05) is 0 Å². The molecule has 0 bridgehead atoms. The molecule has 2 aliphatic carbocycles. The van der Waals surface area contributed by atoms with Crippen LogP contribution in [0.1, 0.15) is 57.2 Å². The Morgan fingerprint density at radius 1 is 1.18 bits per heavy atom. The average Bonchev–Trinajstić information content (AvgIpc) is 3.14. The Morgan fingerprint density at radius 2 is 1.85 bits per heavy atom. The van der Waals surface area contributed by atoms with E-state index in [1.54, 1.807) is 0 Å². The van der Waals surface area contributed by atoms with Crippen molar-refractivity contribution >= 4 is 5.82 Å². The van der Waals surface area contributed by atoms with Gasteiger partial charge in [0.15, 0.2) is 11.6 Å². The predicted octanol–water partition coefficient (Wildman–Crippen LogP) is 4.20. The van der Waals surface area contributed by atoms with Crippen LogP contribution >= 0.6 is 0 Å². The molecule has 0 radical (unpaired) electrons. The second-order valence-corrected chi connectivity index (χ2v) is 10.3. The van der Waals surface area contributed by atoms with Crippen molar-refractivity contribution in [1.29, 1.82) is 0 Å². The molecule has 1 saturated heterocycles. The van der Waals surface area contributed by atoms with Gasteiger partial charge in [-0.05, 0) is 82.5 Å². The summed E-state index contributed by atoms with van der Waals surface area (Å²) in [6.07, 6.45) is 1.09. The fourth-order valence-corrected chi connectivity index (χ4v) is 6.06. The fourth-order valence-electron chi connectivity index (χ4n) is 6.06. The maximum atomic E-state index is 12.7. The number of hydrogen-bond donors (Lipinski definition) is 2. The highest BCUT2D eigenvalue weighted by Crippen LogP contribution is 2.64. The Balaban J connectivity index is 1.32. The number of ether oxygens (including phenoxy) is 1. The SMILES string of the molecule is CC(C)n1nc(-c2cnc(N)c(OC(F)(F)F)c2)cc1[C@H]1[C@@H]2C[C@@H](N3CCC(CO)CC3)C[C@@H]21. The first-order valence-electron chi connectivity index (χ1n) is 12.1. The van der Waals surface area contributed by atoms with Gasteiger partial charge in [0.05, 0.1) is 5.69 Å². The maximum absolute atomic E-state index is 12.7. The second-order valence-electron chi connectivity index (χ2n) is 10.3. The summed E-state index contributed by atoms with van der Waals surface area (Å²) in [4.78, 5) is 6.50. The summed E-state index contributed by atoms with van der Waals surface area (Å²) in [6.45, 7) is 6.56. The van der Waals surface area contributed by atoms with Crippen molar-refractivity contribution in [2.24, 2.45) is 17.8 Å². The molecule has 0 spiro atoms. The highest BCUT2D eigenvalue weighted by molar-refractivity contribution is 5.64. The number of anilines is 1. The first kappa shape index (κ1) is 23.4.